The molecular weight excluding hydrogens is 298 g/mol. The maximum absolute atomic E-state index is 12.1. The van der Waals surface area contributed by atoms with Crippen LogP contribution in [0.1, 0.15) is 16.8 Å². The minimum atomic E-state index is -0.916. The van der Waals surface area contributed by atoms with E-state index in [1.54, 1.807) is 55.6 Å². The number of hydrogen-bond acceptors (Lipinski definition) is 4. The number of carbonyl (C=O) groups excluding carboxylic acids is 1. The zero-order valence-electron chi connectivity index (χ0n) is 12.6. The van der Waals surface area contributed by atoms with Gasteiger partial charge in [0.05, 0.1) is 20.1 Å². The van der Waals surface area contributed by atoms with E-state index in [1.807, 2.05) is 0 Å². The predicted molar refractivity (Wildman–Crippen MR) is 85.1 cm³/mol. The first-order valence-corrected chi connectivity index (χ1v) is 6.98. The summed E-state index contributed by atoms with van der Waals surface area (Å²) in [5.41, 5.74) is 1.14. The highest BCUT2D eigenvalue weighted by atomic mass is 16.5. The van der Waals surface area contributed by atoms with E-state index in [1.165, 1.54) is 0 Å². The van der Waals surface area contributed by atoms with E-state index in [0.29, 0.717) is 22.7 Å². The van der Waals surface area contributed by atoms with Crippen LogP contribution in [0.15, 0.2) is 48.5 Å². The van der Waals surface area contributed by atoms with Gasteiger partial charge in [-0.3, -0.25) is 9.59 Å². The average Bonchev–Trinajstić information content (AvgIpc) is 2.56. The zero-order valence-corrected chi connectivity index (χ0v) is 12.6. The lowest BCUT2D eigenvalue weighted by Gasteiger charge is -2.08. The number of carboxylic acid groups (broad SMARTS) is 1. The molecule has 0 aliphatic rings. The molecule has 0 aliphatic carbocycles. The minimum absolute atomic E-state index is 0.0697. The fraction of sp³-hybridized carbons (Fsp3) is 0.176. The van der Waals surface area contributed by atoms with E-state index in [-0.39, 0.29) is 18.9 Å². The van der Waals surface area contributed by atoms with Crippen LogP contribution < -0.4 is 14.8 Å². The second-order valence-corrected chi connectivity index (χ2v) is 4.70. The van der Waals surface area contributed by atoms with E-state index in [2.05, 4.69) is 5.32 Å². The number of carbonyl (C=O) groups is 2. The maximum Gasteiger partial charge on any atom is 0.306 e. The van der Waals surface area contributed by atoms with E-state index in [0.717, 1.165) is 0 Å². The third kappa shape index (κ3) is 5.03. The van der Waals surface area contributed by atoms with Crippen LogP contribution in [0.25, 0.3) is 0 Å². The zero-order chi connectivity index (χ0) is 16.7. The van der Waals surface area contributed by atoms with Gasteiger partial charge in [-0.25, -0.2) is 0 Å². The number of rotatable bonds is 7. The fourth-order valence-electron chi connectivity index (χ4n) is 1.84. The molecule has 2 N–H and O–H groups in total. The molecular formula is C17H17NO5. The molecule has 2 rings (SSSR count). The molecule has 0 saturated carbocycles. The van der Waals surface area contributed by atoms with Gasteiger partial charge in [-0.05, 0) is 48.5 Å². The maximum atomic E-state index is 12.1. The summed E-state index contributed by atoms with van der Waals surface area (Å²) in [6.45, 7) is 0.0900. The summed E-state index contributed by atoms with van der Waals surface area (Å²) in [4.78, 5) is 22.5. The summed E-state index contributed by atoms with van der Waals surface area (Å²) >= 11 is 0. The summed E-state index contributed by atoms with van der Waals surface area (Å²) in [6.07, 6.45) is -0.0697. The highest BCUT2D eigenvalue weighted by molar-refractivity contribution is 6.04. The Bertz CT molecular complexity index is 664. The molecule has 0 unspecified atom stereocenters. The molecule has 120 valence electrons. The van der Waals surface area contributed by atoms with Crippen LogP contribution in [0.4, 0.5) is 5.69 Å². The molecule has 0 heterocycles. The molecule has 0 aliphatic heterocycles. The molecule has 0 spiro atoms. The normalized spacial score (nSPS) is 9.96. The smallest absolute Gasteiger partial charge is 0.306 e. The van der Waals surface area contributed by atoms with E-state index in [9.17, 15) is 9.59 Å². The molecule has 0 bridgehead atoms. The third-order valence-corrected chi connectivity index (χ3v) is 3.05. The summed E-state index contributed by atoms with van der Waals surface area (Å²) in [6, 6.07) is 13.5. The lowest BCUT2D eigenvalue weighted by Crippen LogP contribution is -2.11. The number of hydrogen-bond donors (Lipinski definition) is 2. The van der Waals surface area contributed by atoms with E-state index in [4.69, 9.17) is 14.6 Å². The standard InChI is InChI=1S/C17H17NO5/c1-22-14-8-4-13(5-9-14)18-17(21)12-2-6-15(7-3-12)23-11-10-16(19)20/h2-9H,10-11H2,1H3,(H,18,21)(H,19,20). The van der Waals surface area contributed by atoms with Gasteiger partial charge in [-0.15, -0.1) is 0 Å². The Hall–Kier alpha value is -3.02. The van der Waals surface area contributed by atoms with Gasteiger partial charge in [0.2, 0.25) is 0 Å². The van der Waals surface area contributed by atoms with E-state index >= 15 is 0 Å². The quantitative estimate of drug-likeness (QED) is 0.820. The SMILES string of the molecule is COc1ccc(NC(=O)c2ccc(OCCC(=O)O)cc2)cc1. The summed E-state index contributed by atoms with van der Waals surface area (Å²) in [5.74, 6) is 0.0749. The third-order valence-electron chi connectivity index (χ3n) is 3.05. The highest BCUT2D eigenvalue weighted by Crippen LogP contribution is 2.17. The van der Waals surface area contributed by atoms with Crippen molar-refractivity contribution in [2.24, 2.45) is 0 Å². The number of aliphatic carboxylic acids is 1. The predicted octanol–water partition coefficient (Wildman–Crippen LogP) is 2.80. The molecule has 0 atom stereocenters. The van der Waals surface area contributed by atoms with Crippen LogP contribution in [-0.2, 0) is 4.79 Å². The van der Waals surface area contributed by atoms with Crippen molar-refractivity contribution in [1.82, 2.24) is 0 Å². The van der Waals surface area contributed by atoms with Crippen molar-refractivity contribution in [3.63, 3.8) is 0 Å². The number of amides is 1. The van der Waals surface area contributed by atoms with Gasteiger partial charge in [0.25, 0.3) is 5.91 Å². The fourth-order valence-corrected chi connectivity index (χ4v) is 1.84. The summed E-state index contributed by atoms with van der Waals surface area (Å²) in [7, 11) is 1.58. The van der Waals surface area contributed by atoms with E-state index < -0.39 is 5.97 Å². The topological polar surface area (TPSA) is 84.9 Å². The Morgan fingerprint density at radius 2 is 1.61 bits per heavy atom. The molecule has 2 aromatic carbocycles. The first-order chi connectivity index (χ1) is 11.1. The van der Waals surface area contributed by atoms with Crippen LogP contribution >= 0.6 is 0 Å². The lowest BCUT2D eigenvalue weighted by molar-refractivity contribution is -0.137. The van der Waals surface area contributed by atoms with Gasteiger partial charge in [0.15, 0.2) is 0 Å². The number of benzene rings is 2. The molecule has 6 nitrogen and oxygen atoms in total. The number of methoxy groups -OCH3 is 1. The second-order valence-electron chi connectivity index (χ2n) is 4.70. The van der Waals surface area contributed by atoms with Crippen LogP contribution in [-0.4, -0.2) is 30.7 Å². The van der Waals surface area contributed by atoms with Crippen molar-refractivity contribution >= 4 is 17.6 Å². The van der Waals surface area contributed by atoms with Gasteiger partial charge in [-0.2, -0.15) is 0 Å². The Morgan fingerprint density at radius 3 is 2.17 bits per heavy atom. The Labute approximate surface area is 133 Å². The molecule has 2 aromatic rings. The Morgan fingerprint density at radius 1 is 1.00 bits per heavy atom. The van der Waals surface area contributed by atoms with Crippen LogP contribution in [0.2, 0.25) is 0 Å². The van der Waals surface area contributed by atoms with Crippen molar-refractivity contribution in [1.29, 1.82) is 0 Å². The van der Waals surface area contributed by atoms with Gasteiger partial charge in [0, 0.05) is 11.3 Å². The summed E-state index contributed by atoms with van der Waals surface area (Å²) in [5, 5.41) is 11.3. The lowest BCUT2D eigenvalue weighted by atomic mass is 10.2. The number of anilines is 1. The van der Waals surface area contributed by atoms with Crippen LogP contribution in [0, 0.1) is 0 Å². The van der Waals surface area contributed by atoms with Gasteiger partial charge in [-0.1, -0.05) is 0 Å². The molecule has 0 fully saturated rings. The van der Waals surface area contributed by atoms with Crippen LogP contribution in [0.3, 0.4) is 0 Å². The Balaban J connectivity index is 1.92. The van der Waals surface area contributed by atoms with Gasteiger partial charge < -0.3 is 19.9 Å². The van der Waals surface area contributed by atoms with Gasteiger partial charge in [0.1, 0.15) is 11.5 Å². The molecule has 23 heavy (non-hydrogen) atoms. The van der Waals surface area contributed by atoms with Crippen molar-refractivity contribution in [3.05, 3.63) is 54.1 Å². The average molecular weight is 315 g/mol. The van der Waals surface area contributed by atoms with Gasteiger partial charge >= 0.3 is 5.97 Å². The molecule has 0 radical (unpaired) electrons. The number of ether oxygens (including phenoxy) is 2. The molecule has 0 aromatic heterocycles. The highest BCUT2D eigenvalue weighted by Gasteiger charge is 2.07. The summed E-state index contributed by atoms with van der Waals surface area (Å²) < 4.78 is 10.3. The largest absolute Gasteiger partial charge is 0.497 e. The minimum Gasteiger partial charge on any atom is -0.497 e. The van der Waals surface area contributed by atoms with Crippen LogP contribution in [0.5, 0.6) is 11.5 Å². The first-order valence-electron chi connectivity index (χ1n) is 6.98. The second kappa shape index (κ2) is 7.84. The van der Waals surface area contributed by atoms with Crippen molar-refractivity contribution in [3.8, 4) is 11.5 Å². The molecule has 6 heteroatoms. The Kier molecular flexibility index (Phi) is 5.57. The molecule has 0 saturated heterocycles. The van der Waals surface area contributed by atoms with Crippen molar-refractivity contribution in [2.45, 2.75) is 6.42 Å². The molecule has 1 amide bonds. The number of carboxylic acids is 1. The number of nitrogens with one attached hydrogen (secondary N) is 1. The monoisotopic (exact) mass is 315 g/mol. The van der Waals surface area contributed by atoms with Crippen molar-refractivity contribution < 1.29 is 24.2 Å². The van der Waals surface area contributed by atoms with Crippen molar-refractivity contribution in [2.75, 3.05) is 19.0 Å². The first kappa shape index (κ1) is 16.4.